The van der Waals surface area contributed by atoms with Crippen molar-refractivity contribution in [1.82, 2.24) is 0 Å². The summed E-state index contributed by atoms with van der Waals surface area (Å²) in [6, 6.07) is 10.4. The summed E-state index contributed by atoms with van der Waals surface area (Å²) in [5.41, 5.74) is 2.38. The van der Waals surface area contributed by atoms with Crippen LogP contribution in [0.25, 0.3) is 0 Å². The molecule has 0 spiro atoms. The molecule has 0 atom stereocenters. The van der Waals surface area contributed by atoms with Crippen LogP contribution in [0.4, 0.5) is 5.69 Å². The van der Waals surface area contributed by atoms with Gasteiger partial charge in [-0.2, -0.15) is 0 Å². The lowest BCUT2D eigenvalue weighted by Crippen LogP contribution is -2.00. The van der Waals surface area contributed by atoms with Crippen LogP contribution in [-0.4, -0.2) is 6.61 Å². The van der Waals surface area contributed by atoms with Crippen LogP contribution in [-0.2, 0) is 6.54 Å². The van der Waals surface area contributed by atoms with E-state index in [0.717, 1.165) is 12.3 Å². The molecule has 0 aliphatic heterocycles. The fourth-order valence-corrected chi connectivity index (χ4v) is 2.33. The van der Waals surface area contributed by atoms with Gasteiger partial charge in [0.05, 0.1) is 6.61 Å². The van der Waals surface area contributed by atoms with Crippen molar-refractivity contribution < 1.29 is 4.74 Å². The molecule has 0 amide bonds. The number of hydrogen-bond donors (Lipinski definition) is 1. The molecule has 0 bridgehead atoms. The first-order chi connectivity index (χ1) is 8.29. The van der Waals surface area contributed by atoms with E-state index in [9.17, 15) is 0 Å². The molecule has 0 saturated carbocycles. The third-order valence-corrected chi connectivity index (χ3v) is 3.42. The number of hydrogen-bond acceptors (Lipinski definition) is 3. The summed E-state index contributed by atoms with van der Waals surface area (Å²) in [5, 5.41) is 5.54. The maximum Gasteiger partial charge on any atom is 0.119 e. The third-order valence-electron chi connectivity index (χ3n) is 2.54. The molecule has 17 heavy (non-hydrogen) atoms. The maximum atomic E-state index is 5.47. The predicted octanol–water partition coefficient (Wildman–Crippen LogP) is 4.07. The van der Waals surface area contributed by atoms with Gasteiger partial charge in [0, 0.05) is 17.1 Å². The van der Waals surface area contributed by atoms with E-state index in [1.54, 1.807) is 11.3 Å². The van der Waals surface area contributed by atoms with Gasteiger partial charge in [0.1, 0.15) is 5.75 Å². The highest BCUT2D eigenvalue weighted by Gasteiger charge is 2.01. The van der Waals surface area contributed by atoms with Gasteiger partial charge < -0.3 is 10.1 Å². The highest BCUT2D eigenvalue weighted by atomic mass is 32.1. The molecular weight excluding hydrogens is 230 g/mol. The standard InChI is InChI=1S/C14H17NOS/c1-3-16-12-6-7-14(11(2)9-12)15-10-13-5-4-8-17-13/h4-9,15H,3,10H2,1-2H3. The largest absolute Gasteiger partial charge is 0.494 e. The Morgan fingerprint density at radius 2 is 2.18 bits per heavy atom. The Hall–Kier alpha value is -1.48. The molecule has 1 aromatic heterocycles. The van der Waals surface area contributed by atoms with E-state index in [2.05, 4.69) is 41.9 Å². The highest BCUT2D eigenvalue weighted by molar-refractivity contribution is 7.09. The van der Waals surface area contributed by atoms with E-state index in [0.29, 0.717) is 6.61 Å². The molecule has 0 aliphatic carbocycles. The third kappa shape index (κ3) is 3.24. The molecule has 0 radical (unpaired) electrons. The normalized spacial score (nSPS) is 10.2. The average Bonchev–Trinajstić information content (AvgIpc) is 2.81. The minimum atomic E-state index is 0.710. The lowest BCUT2D eigenvalue weighted by Gasteiger charge is -2.10. The SMILES string of the molecule is CCOc1ccc(NCc2cccs2)c(C)c1. The van der Waals surface area contributed by atoms with E-state index in [1.807, 2.05) is 13.0 Å². The first-order valence-electron chi connectivity index (χ1n) is 5.79. The van der Waals surface area contributed by atoms with Crippen molar-refractivity contribution in [2.24, 2.45) is 0 Å². The number of nitrogens with one attached hydrogen (secondary N) is 1. The monoisotopic (exact) mass is 247 g/mol. The number of aryl methyl sites for hydroxylation is 1. The molecule has 0 aliphatic rings. The number of rotatable bonds is 5. The molecule has 3 heteroatoms. The molecule has 90 valence electrons. The summed E-state index contributed by atoms with van der Waals surface area (Å²) in [7, 11) is 0. The molecule has 2 rings (SSSR count). The van der Waals surface area contributed by atoms with Crippen LogP contribution in [0.5, 0.6) is 5.75 Å². The average molecular weight is 247 g/mol. The highest BCUT2D eigenvalue weighted by Crippen LogP contribution is 2.22. The van der Waals surface area contributed by atoms with Crippen molar-refractivity contribution in [2.45, 2.75) is 20.4 Å². The number of benzene rings is 1. The van der Waals surface area contributed by atoms with Crippen molar-refractivity contribution in [3.8, 4) is 5.75 Å². The fourth-order valence-electron chi connectivity index (χ4n) is 1.69. The molecule has 0 saturated heterocycles. The maximum absolute atomic E-state index is 5.47. The molecule has 1 heterocycles. The second kappa shape index (κ2) is 5.73. The van der Waals surface area contributed by atoms with Gasteiger partial charge in [-0.15, -0.1) is 11.3 Å². The zero-order valence-corrected chi connectivity index (χ0v) is 11.0. The van der Waals surface area contributed by atoms with Crippen LogP contribution in [0.3, 0.4) is 0 Å². The zero-order chi connectivity index (χ0) is 12.1. The first kappa shape index (κ1) is 12.0. The predicted molar refractivity (Wildman–Crippen MR) is 74.0 cm³/mol. The molecule has 1 N–H and O–H groups in total. The molecule has 0 unspecified atom stereocenters. The summed E-state index contributed by atoms with van der Waals surface area (Å²) in [6.07, 6.45) is 0. The van der Waals surface area contributed by atoms with Crippen molar-refractivity contribution in [3.05, 3.63) is 46.2 Å². The van der Waals surface area contributed by atoms with Crippen LogP contribution >= 0.6 is 11.3 Å². The van der Waals surface area contributed by atoms with E-state index in [-0.39, 0.29) is 0 Å². The van der Waals surface area contributed by atoms with Gasteiger partial charge in [-0.05, 0) is 49.1 Å². The van der Waals surface area contributed by atoms with Crippen molar-refractivity contribution >= 4 is 17.0 Å². The van der Waals surface area contributed by atoms with Crippen LogP contribution in [0.1, 0.15) is 17.4 Å². The molecule has 1 aromatic carbocycles. The minimum absolute atomic E-state index is 0.710. The van der Waals surface area contributed by atoms with Crippen molar-refractivity contribution in [2.75, 3.05) is 11.9 Å². The summed E-state index contributed by atoms with van der Waals surface area (Å²) in [4.78, 5) is 1.35. The Labute approximate surface area is 106 Å². The smallest absolute Gasteiger partial charge is 0.119 e. The Morgan fingerprint density at radius 1 is 1.29 bits per heavy atom. The van der Waals surface area contributed by atoms with Gasteiger partial charge >= 0.3 is 0 Å². The van der Waals surface area contributed by atoms with E-state index < -0.39 is 0 Å². The summed E-state index contributed by atoms with van der Waals surface area (Å²) >= 11 is 1.77. The van der Waals surface area contributed by atoms with Crippen LogP contribution < -0.4 is 10.1 Å². The van der Waals surface area contributed by atoms with Crippen LogP contribution in [0.15, 0.2) is 35.7 Å². The summed E-state index contributed by atoms with van der Waals surface area (Å²) < 4.78 is 5.47. The van der Waals surface area contributed by atoms with Crippen LogP contribution in [0.2, 0.25) is 0 Å². The van der Waals surface area contributed by atoms with Crippen molar-refractivity contribution in [3.63, 3.8) is 0 Å². The second-order valence-corrected chi connectivity index (χ2v) is 4.87. The Kier molecular flexibility index (Phi) is 4.04. The van der Waals surface area contributed by atoms with Gasteiger partial charge in [0.15, 0.2) is 0 Å². The first-order valence-corrected chi connectivity index (χ1v) is 6.67. The fraction of sp³-hybridized carbons (Fsp3) is 0.286. The Morgan fingerprint density at radius 3 is 2.82 bits per heavy atom. The van der Waals surface area contributed by atoms with E-state index in [4.69, 9.17) is 4.74 Å². The van der Waals surface area contributed by atoms with Gasteiger partial charge in [0.2, 0.25) is 0 Å². The molecule has 2 nitrogen and oxygen atoms in total. The van der Waals surface area contributed by atoms with Gasteiger partial charge in [-0.3, -0.25) is 0 Å². The lowest BCUT2D eigenvalue weighted by atomic mass is 10.2. The topological polar surface area (TPSA) is 21.3 Å². The van der Waals surface area contributed by atoms with E-state index in [1.165, 1.54) is 16.1 Å². The van der Waals surface area contributed by atoms with Gasteiger partial charge in [-0.1, -0.05) is 6.07 Å². The molecular formula is C14H17NOS. The minimum Gasteiger partial charge on any atom is -0.494 e. The Bertz CT molecular complexity index is 465. The molecule has 0 fully saturated rings. The number of thiophene rings is 1. The van der Waals surface area contributed by atoms with Crippen molar-refractivity contribution in [1.29, 1.82) is 0 Å². The summed E-state index contributed by atoms with van der Waals surface area (Å²) in [6.45, 7) is 5.69. The Balaban J connectivity index is 2.01. The van der Waals surface area contributed by atoms with Crippen LogP contribution in [0, 0.1) is 6.92 Å². The lowest BCUT2D eigenvalue weighted by molar-refractivity contribution is 0.340. The van der Waals surface area contributed by atoms with Gasteiger partial charge in [0.25, 0.3) is 0 Å². The van der Waals surface area contributed by atoms with Gasteiger partial charge in [-0.25, -0.2) is 0 Å². The summed E-state index contributed by atoms with van der Waals surface area (Å²) in [5.74, 6) is 0.937. The molecule has 2 aromatic rings. The second-order valence-electron chi connectivity index (χ2n) is 3.84. The zero-order valence-electron chi connectivity index (χ0n) is 10.2. The quantitative estimate of drug-likeness (QED) is 0.860. The number of ether oxygens (including phenoxy) is 1. The van der Waals surface area contributed by atoms with E-state index >= 15 is 0 Å². The number of anilines is 1.